The number of hydrogen-bond donors (Lipinski definition) is 1. The molecular formula is C13H24FNO. The summed E-state index contributed by atoms with van der Waals surface area (Å²) in [6, 6.07) is 0.0718. The van der Waals surface area contributed by atoms with Crippen molar-refractivity contribution in [3.8, 4) is 0 Å². The van der Waals surface area contributed by atoms with Gasteiger partial charge < -0.3 is 5.32 Å². The van der Waals surface area contributed by atoms with E-state index in [4.69, 9.17) is 0 Å². The minimum atomic E-state index is -1.78. The lowest BCUT2D eigenvalue weighted by Crippen LogP contribution is -2.49. The number of carbonyl (C=O) groups is 1. The van der Waals surface area contributed by atoms with Gasteiger partial charge in [-0.15, -0.1) is 0 Å². The van der Waals surface area contributed by atoms with Crippen LogP contribution >= 0.6 is 0 Å². The van der Waals surface area contributed by atoms with E-state index in [2.05, 4.69) is 26.1 Å². The highest BCUT2D eigenvalue weighted by molar-refractivity contribution is 5.84. The normalized spacial score (nSPS) is 19.4. The van der Waals surface area contributed by atoms with Crippen LogP contribution in [0.15, 0.2) is 0 Å². The first-order chi connectivity index (χ1) is 7.10. The Bertz CT molecular complexity index is 258. The monoisotopic (exact) mass is 229 g/mol. The molecule has 0 spiro atoms. The summed E-state index contributed by atoms with van der Waals surface area (Å²) in [4.78, 5) is 11.6. The van der Waals surface area contributed by atoms with Crippen molar-refractivity contribution in [2.24, 2.45) is 11.3 Å². The molecule has 1 aliphatic carbocycles. The Morgan fingerprint density at radius 1 is 1.31 bits per heavy atom. The van der Waals surface area contributed by atoms with Crippen LogP contribution in [0.1, 0.15) is 53.9 Å². The van der Waals surface area contributed by atoms with Gasteiger partial charge in [-0.25, -0.2) is 4.39 Å². The van der Waals surface area contributed by atoms with Gasteiger partial charge in [-0.3, -0.25) is 4.79 Å². The van der Waals surface area contributed by atoms with Crippen molar-refractivity contribution in [2.45, 2.75) is 65.6 Å². The lowest BCUT2D eigenvalue weighted by Gasteiger charge is -2.33. The average Bonchev–Trinajstić information content (AvgIpc) is 2.83. The maximum atomic E-state index is 13.5. The highest BCUT2D eigenvalue weighted by Gasteiger charge is 2.36. The molecule has 16 heavy (non-hydrogen) atoms. The SMILES string of the molecule is CC(C)(F)C(=O)NC(CC1CC1)C(C)(C)C. The average molecular weight is 229 g/mol. The maximum Gasteiger partial charge on any atom is 0.257 e. The lowest BCUT2D eigenvalue weighted by atomic mass is 9.83. The van der Waals surface area contributed by atoms with Crippen molar-refractivity contribution < 1.29 is 9.18 Å². The molecule has 1 amide bonds. The van der Waals surface area contributed by atoms with Crippen LogP contribution in [0.25, 0.3) is 0 Å². The fraction of sp³-hybridized carbons (Fsp3) is 0.923. The first-order valence-electron chi connectivity index (χ1n) is 6.10. The van der Waals surface area contributed by atoms with Crippen LogP contribution in [-0.4, -0.2) is 17.6 Å². The summed E-state index contributed by atoms with van der Waals surface area (Å²) in [6.45, 7) is 8.88. The Kier molecular flexibility index (Phi) is 3.65. The van der Waals surface area contributed by atoms with E-state index in [0.29, 0.717) is 0 Å². The summed E-state index contributed by atoms with van der Waals surface area (Å²) in [5, 5.41) is 2.85. The molecular weight excluding hydrogens is 205 g/mol. The molecule has 2 nitrogen and oxygen atoms in total. The van der Waals surface area contributed by atoms with Gasteiger partial charge >= 0.3 is 0 Å². The van der Waals surface area contributed by atoms with Gasteiger partial charge in [0, 0.05) is 6.04 Å². The zero-order valence-corrected chi connectivity index (χ0v) is 11.1. The number of nitrogens with one attached hydrogen (secondary N) is 1. The molecule has 94 valence electrons. The van der Waals surface area contributed by atoms with Gasteiger partial charge in [0.1, 0.15) is 0 Å². The van der Waals surface area contributed by atoms with Gasteiger partial charge in [0.25, 0.3) is 5.91 Å². The second-order valence-electron chi connectivity index (χ2n) is 6.54. The van der Waals surface area contributed by atoms with Gasteiger partial charge in [0.05, 0.1) is 0 Å². The molecule has 0 aromatic rings. The van der Waals surface area contributed by atoms with Crippen LogP contribution in [0.5, 0.6) is 0 Å². The smallest absolute Gasteiger partial charge is 0.257 e. The van der Waals surface area contributed by atoms with Crippen LogP contribution < -0.4 is 5.32 Å². The molecule has 1 atom stereocenters. The molecule has 1 fully saturated rings. The third kappa shape index (κ3) is 4.11. The second-order valence-corrected chi connectivity index (χ2v) is 6.54. The molecule has 0 saturated heterocycles. The van der Waals surface area contributed by atoms with Crippen molar-refractivity contribution in [1.82, 2.24) is 5.32 Å². The van der Waals surface area contributed by atoms with Crippen LogP contribution in [-0.2, 0) is 4.79 Å². The van der Waals surface area contributed by atoms with Gasteiger partial charge in [-0.1, -0.05) is 33.6 Å². The zero-order chi connectivity index (χ0) is 12.6. The Balaban J connectivity index is 2.59. The van der Waals surface area contributed by atoms with Crippen LogP contribution in [0, 0.1) is 11.3 Å². The van der Waals surface area contributed by atoms with Crippen LogP contribution in [0.3, 0.4) is 0 Å². The third-order valence-electron chi connectivity index (χ3n) is 3.16. The number of carbonyl (C=O) groups excluding carboxylic acids is 1. The van der Waals surface area contributed by atoms with E-state index in [1.54, 1.807) is 0 Å². The van der Waals surface area contributed by atoms with Gasteiger partial charge in [-0.05, 0) is 31.6 Å². The zero-order valence-electron chi connectivity index (χ0n) is 11.1. The summed E-state index contributed by atoms with van der Waals surface area (Å²) in [6.07, 6.45) is 3.48. The van der Waals surface area contributed by atoms with Crippen molar-refractivity contribution in [3.05, 3.63) is 0 Å². The first-order valence-corrected chi connectivity index (χ1v) is 6.10. The number of amides is 1. The molecule has 0 radical (unpaired) electrons. The minimum absolute atomic E-state index is 0.0104. The van der Waals surface area contributed by atoms with Crippen molar-refractivity contribution >= 4 is 5.91 Å². The van der Waals surface area contributed by atoms with Crippen LogP contribution in [0.2, 0.25) is 0 Å². The van der Waals surface area contributed by atoms with E-state index in [0.717, 1.165) is 12.3 Å². The van der Waals surface area contributed by atoms with Gasteiger partial charge in [0.2, 0.25) is 0 Å². The fourth-order valence-corrected chi connectivity index (χ4v) is 1.65. The Hall–Kier alpha value is -0.600. The molecule has 1 saturated carbocycles. The van der Waals surface area contributed by atoms with E-state index < -0.39 is 11.6 Å². The molecule has 0 aromatic heterocycles. The third-order valence-corrected chi connectivity index (χ3v) is 3.16. The molecule has 0 bridgehead atoms. The van der Waals surface area contributed by atoms with Gasteiger partial charge in [-0.2, -0.15) is 0 Å². The van der Waals surface area contributed by atoms with Crippen molar-refractivity contribution in [1.29, 1.82) is 0 Å². The molecule has 1 rings (SSSR count). The number of halogens is 1. The predicted octanol–water partition coefficient (Wildman–Crippen LogP) is 3.07. The summed E-state index contributed by atoms with van der Waals surface area (Å²) in [5.74, 6) is 0.236. The lowest BCUT2D eigenvalue weighted by molar-refractivity contribution is -0.132. The molecule has 0 aromatic carbocycles. The summed E-state index contributed by atoms with van der Waals surface area (Å²) in [7, 11) is 0. The quantitative estimate of drug-likeness (QED) is 0.788. The Morgan fingerprint density at radius 2 is 1.81 bits per heavy atom. The fourth-order valence-electron chi connectivity index (χ4n) is 1.65. The van der Waals surface area contributed by atoms with Crippen molar-refractivity contribution in [3.63, 3.8) is 0 Å². The largest absolute Gasteiger partial charge is 0.350 e. The maximum absolute atomic E-state index is 13.5. The Morgan fingerprint density at radius 3 is 2.12 bits per heavy atom. The molecule has 0 aliphatic heterocycles. The predicted molar refractivity (Wildman–Crippen MR) is 63.9 cm³/mol. The second kappa shape index (κ2) is 4.34. The van der Waals surface area contributed by atoms with E-state index in [9.17, 15) is 9.18 Å². The number of hydrogen-bond acceptors (Lipinski definition) is 1. The highest BCUT2D eigenvalue weighted by Crippen LogP contribution is 2.37. The van der Waals surface area contributed by atoms with Crippen molar-refractivity contribution in [2.75, 3.05) is 0 Å². The molecule has 3 heteroatoms. The van der Waals surface area contributed by atoms with E-state index in [-0.39, 0.29) is 11.5 Å². The Labute approximate surface area is 98.0 Å². The molecule has 0 heterocycles. The minimum Gasteiger partial charge on any atom is -0.350 e. The standard InChI is InChI=1S/C13H24FNO/c1-12(2,3)10(8-9-6-7-9)15-11(16)13(4,5)14/h9-10H,6-8H2,1-5H3,(H,15,16). The molecule has 1 unspecified atom stereocenters. The highest BCUT2D eigenvalue weighted by atomic mass is 19.1. The summed E-state index contributed by atoms with van der Waals surface area (Å²) < 4.78 is 13.5. The number of rotatable bonds is 4. The number of alkyl halides is 1. The van der Waals surface area contributed by atoms with E-state index in [1.807, 2.05) is 0 Å². The van der Waals surface area contributed by atoms with Gasteiger partial charge in [0.15, 0.2) is 5.67 Å². The van der Waals surface area contributed by atoms with Crippen LogP contribution in [0.4, 0.5) is 4.39 Å². The first kappa shape index (κ1) is 13.5. The topological polar surface area (TPSA) is 29.1 Å². The molecule has 1 aliphatic rings. The summed E-state index contributed by atoms with van der Waals surface area (Å²) >= 11 is 0. The molecule has 1 N–H and O–H groups in total. The van der Waals surface area contributed by atoms with E-state index in [1.165, 1.54) is 26.7 Å². The summed E-state index contributed by atoms with van der Waals surface area (Å²) in [5.41, 5.74) is -1.80. The van der Waals surface area contributed by atoms with E-state index >= 15 is 0 Å².